The zero-order chi connectivity index (χ0) is 16.2. The summed E-state index contributed by atoms with van der Waals surface area (Å²) in [7, 11) is 1.88. The van der Waals surface area contributed by atoms with Crippen molar-refractivity contribution in [2.75, 3.05) is 20.2 Å². The van der Waals surface area contributed by atoms with Gasteiger partial charge in [-0.25, -0.2) is 4.98 Å². The summed E-state index contributed by atoms with van der Waals surface area (Å²) in [6.45, 7) is 8.67. The van der Waals surface area contributed by atoms with Crippen molar-refractivity contribution in [3.05, 3.63) is 40.4 Å². The van der Waals surface area contributed by atoms with Crippen LogP contribution in [0, 0.1) is 5.41 Å². The molecule has 0 saturated carbocycles. The third-order valence-electron chi connectivity index (χ3n) is 3.30. The van der Waals surface area contributed by atoms with Crippen molar-refractivity contribution in [3.8, 4) is 0 Å². The second-order valence-electron chi connectivity index (χ2n) is 6.65. The van der Waals surface area contributed by atoms with Crippen LogP contribution in [0.3, 0.4) is 0 Å². The van der Waals surface area contributed by atoms with Gasteiger partial charge in [-0.2, -0.15) is 0 Å². The number of ether oxygens (including phenoxy) is 1. The quantitative estimate of drug-likeness (QED) is 0.831. The monoisotopic (exact) mass is 303 g/mol. The van der Waals surface area contributed by atoms with E-state index in [0.717, 1.165) is 12.1 Å². The summed E-state index contributed by atoms with van der Waals surface area (Å²) in [5, 5.41) is 3.69. The SMILES string of the molecule is CNCCOCc1nc2ccccc2c(=O)n1CC(C)(C)C. The van der Waals surface area contributed by atoms with E-state index in [9.17, 15) is 4.79 Å². The number of nitrogens with zero attached hydrogens (tertiary/aromatic N) is 2. The number of likely N-dealkylation sites (N-methyl/N-ethyl adjacent to an activating group) is 1. The maximum Gasteiger partial charge on any atom is 0.261 e. The lowest BCUT2D eigenvalue weighted by Gasteiger charge is -2.22. The van der Waals surface area contributed by atoms with Gasteiger partial charge < -0.3 is 10.1 Å². The van der Waals surface area contributed by atoms with Crippen molar-refractivity contribution < 1.29 is 4.74 Å². The number of nitrogens with one attached hydrogen (secondary N) is 1. The molecule has 0 fully saturated rings. The van der Waals surface area contributed by atoms with Crippen LogP contribution in [-0.2, 0) is 17.9 Å². The topological polar surface area (TPSA) is 56.1 Å². The van der Waals surface area contributed by atoms with E-state index in [-0.39, 0.29) is 11.0 Å². The molecule has 0 atom stereocenters. The third kappa shape index (κ3) is 4.15. The lowest BCUT2D eigenvalue weighted by atomic mass is 9.96. The van der Waals surface area contributed by atoms with Gasteiger partial charge in [-0.05, 0) is 24.6 Å². The highest BCUT2D eigenvalue weighted by molar-refractivity contribution is 5.77. The molecule has 5 heteroatoms. The van der Waals surface area contributed by atoms with Gasteiger partial charge >= 0.3 is 0 Å². The highest BCUT2D eigenvalue weighted by Gasteiger charge is 2.17. The fraction of sp³-hybridized carbons (Fsp3) is 0.529. The van der Waals surface area contributed by atoms with Crippen molar-refractivity contribution in [1.29, 1.82) is 0 Å². The lowest BCUT2D eigenvalue weighted by Crippen LogP contribution is -2.31. The fourth-order valence-electron chi connectivity index (χ4n) is 2.30. The zero-order valence-electron chi connectivity index (χ0n) is 13.8. The van der Waals surface area contributed by atoms with E-state index >= 15 is 0 Å². The summed E-state index contributed by atoms with van der Waals surface area (Å²) >= 11 is 0. The van der Waals surface area contributed by atoms with Gasteiger partial charge in [0.15, 0.2) is 0 Å². The fourth-order valence-corrected chi connectivity index (χ4v) is 2.30. The minimum atomic E-state index is -0.00626. The van der Waals surface area contributed by atoms with Crippen molar-refractivity contribution in [1.82, 2.24) is 14.9 Å². The van der Waals surface area contributed by atoms with Gasteiger partial charge in [0.2, 0.25) is 0 Å². The average molecular weight is 303 g/mol. The first-order chi connectivity index (χ1) is 10.4. The number of benzene rings is 1. The Balaban J connectivity index is 2.41. The summed E-state index contributed by atoms with van der Waals surface area (Å²) in [6, 6.07) is 7.47. The van der Waals surface area contributed by atoms with E-state index < -0.39 is 0 Å². The Morgan fingerprint density at radius 3 is 2.68 bits per heavy atom. The van der Waals surface area contributed by atoms with Crippen LogP contribution in [0.4, 0.5) is 0 Å². The van der Waals surface area contributed by atoms with Gasteiger partial charge in [-0.15, -0.1) is 0 Å². The largest absolute Gasteiger partial charge is 0.372 e. The number of aromatic nitrogens is 2. The van der Waals surface area contributed by atoms with Crippen LogP contribution >= 0.6 is 0 Å². The molecule has 0 aliphatic carbocycles. The molecule has 5 nitrogen and oxygen atoms in total. The molecule has 0 unspecified atom stereocenters. The molecule has 0 aliphatic heterocycles. The van der Waals surface area contributed by atoms with Crippen LogP contribution in [0.25, 0.3) is 10.9 Å². The van der Waals surface area contributed by atoms with E-state index in [4.69, 9.17) is 4.74 Å². The Hall–Kier alpha value is -1.72. The van der Waals surface area contributed by atoms with Crippen LogP contribution in [0.5, 0.6) is 0 Å². The number of hydrogen-bond acceptors (Lipinski definition) is 4. The zero-order valence-corrected chi connectivity index (χ0v) is 13.8. The first-order valence-corrected chi connectivity index (χ1v) is 7.63. The van der Waals surface area contributed by atoms with Crippen molar-refractivity contribution in [3.63, 3.8) is 0 Å². The molecule has 22 heavy (non-hydrogen) atoms. The van der Waals surface area contributed by atoms with Crippen molar-refractivity contribution in [2.24, 2.45) is 5.41 Å². The third-order valence-corrected chi connectivity index (χ3v) is 3.30. The summed E-state index contributed by atoms with van der Waals surface area (Å²) in [5.74, 6) is 0.690. The van der Waals surface area contributed by atoms with Gasteiger partial charge in [-0.3, -0.25) is 9.36 Å². The molecule has 0 saturated heterocycles. The molecule has 1 heterocycles. The molecule has 120 valence electrons. The lowest BCUT2D eigenvalue weighted by molar-refractivity contribution is 0.113. The Morgan fingerprint density at radius 1 is 1.27 bits per heavy atom. The molecule has 1 aromatic carbocycles. The molecule has 0 spiro atoms. The van der Waals surface area contributed by atoms with Crippen LogP contribution in [0.15, 0.2) is 29.1 Å². The molecule has 2 aromatic rings. The van der Waals surface area contributed by atoms with Crippen LogP contribution in [0.1, 0.15) is 26.6 Å². The summed E-state index contributed by atoms with van der Waals surface area (Å²) < 4.78 is 7.39. The smallest absolute Gasteiger partial charge is 0.261 e. The predicted molar refractivity (Wildman–Crippen MR) is 89.0 cm³/mol. The van der Waals surface area contributed by atoms with Crippen molar-refractivity contribution in [2.45, 2.75) is 33.9 Å². The molecule has 1 N–H and O–H groups in total. The number of hydrogen-bond donors (Lipinski definition) is 1. The molecule has 1 aromatic heterocycles. The first-order valence-electron chi connectivity index (χ1n) is 7.63. The van der Waals surface area contributed by atoms with E-state index in [2.05, 4.69) is 31.1 Å². The maximum absolute atomic E-state index is 12.8. The molecular weight excluding hydrogens is 278 g/mol. The minimum Gasteiger partial charge on any atom is -0.372 e. The highest BCUT2D eigenvalue weighted by Crippen LogP contribution is 2.17. The molecule has 0 bridgehead atoms. The van der Waals surface area contributed by atoms with E-state index in [1.807, 2.05) is 31.3 Å². The summed E-state index contributed by atoms with van der Waals surface area (Å²) in [6.07, 6.45) is 0. The minimum absolute atomic E-state index is 0.00626. The second kappa shape index (κ2) is 7.03. The second-order valence-corrected chi connectivity index (χ2v) is 6.65. The van der Waals surface area contributed by atoms with E-state index in [0.29, 0.717) is 31.0 Å². The Bertz CT molecular complexity index is 686. The van der Waals surface area contributed by atoms with Gasteiger partial charge in [0.1, 0.15) is 12.4 Å². The van der Waals surface area contributed by atoms with Crippen LogP contribution in [0.2, 0.25) is 0 Å². The Labute approximate surface area is 131 Å². The van der Waals surface area contributed by atoms with Gasteiger partial charge in [0, 0.05) is 13.1 Å². The molecule has 0 amide bonds. The van der Waals surface area contributed by atoms with Gasteiger partial charge in [-0.1, -0.05) is 32.9 Å². The van der Waals surface area contributed by atoms with Gasteiger partial charge in [0.25, 0.3) is 5.56 Å². The van der Waals surface area contributed by atoms with E-state index in [1.165, 1.54) is 0 Å². The predicted octanol–water partition coefficient (Wildman–Crippen LogP) is 2.18. The Morgan fingerprint density at radius 2 is 2.00 bits per heavy atom. The van der Waals surface area contributed by atoms with E-state index in [1.54, 1.807) is 4.57 Å². The normalized spacial score (nSPS) is 12.0. The number of rotatable bonds is 6. The average Bonchev–Trinajstić information content (AvgIpc) is 2.46. The summed E-state index contributed by atoms with van der Waals surface area (Å²) in [5.41, 5.74) is 0.728. The molecule has 0 radical (unpaired) electrons. The maximum atomic E-state index is 12.8. The Kier molecular flexibility index (Phi) is 5.32. The molecule has 2 rings (SSSR count). The van der Waals surface area contributed by atoms with Crippen molar-refractivity contribution >= 4 is 10.9 Å². The number of fused-ring (bicyclic) bond motifs is 1. The summed E-state index contributed by atoms with van der Waals surface area (Å²) in [4.78, 5) is 17.4. The van der Waals surface area contributed by atoms with Gasteiger partial charge in [0.05, 0.1) is 17.5 Å². The number of para-hydroxylation sites is 1. The first kappa shape index (κ1) is 16.6. The van der Waals surface area contributed by atoms with Crippen LogP contribution < -0.4 is 10.9 Å². The highest BCUT2D eigenvalue weighted by atomic mass is 16.5. The van der Waals surface area contributed by atoms with Crippen LogP contribution in [-0.4, -0.2) is 29.8 Å². The standard InChI is InChI=1S/C17H25N3O2/c1-17(2,3)12-20-15(11-22-10-9-18-4)19-14-8-6-5-7-13(14)16(20)21/h5-8,18H,9-12H2,1-4H3. The molecule has 0 aliphatic rings. The molecular formula is C17H25N3O2.